The molecule has 5 heteroatoms. The zero-order valence-corrected chi connectivity index (χ0v) is 10.7. The molecule has 0 saturated heterocycles. The van der Waals surface area contributed by atoms with Crippen LogP contribution >= 0.6 is 0 Å². The highest BCUT2D eigenvalue weighted by atomic mass is 19.1. The molecule has 0 fully saturated rings. The number of halogens is 1. The minimum Gasteiger partial charge on any atom is -0.350 e. The third-order valence-corrected chi connectivity index (χ3v) is 3.06. The van der Waals surface area contributed by atoms with Crippen LogP contribution in [0.1, 0.15) is 24.2 Å². The lowest BCUT2D eigenvalue weighted by atomic mass is 10.1. The number of benzene rings is 1. The van der Waals surface area contributed by atoms with E-state index in [-0.39, 0.29) is 17.6 Å². The summed E-state index contributed by atoms with van der Waals surface area (Å²) < 4.78 is 13.8. The first-order valence-electron chi connectivity index (χ1n) is 5.83. The van der Waals surface area contributed by atoms with Gasteiger partial charge in [-0.1, -0.05) is 18.2 Å². The van der Waals surface area contributed by atoms with Crippen molar-refractivity contribution in [1.29, 1.82) is 5.26 Å². The summed E-state index contributed by atoms with van der Waals surface area (Å²) in [4.78, 5) is 9.84. The molecule has 19 heavy (non-hydrogen) atoms. The van der Waals surface area contributed by atoms with Crippen molar-refractivity contribution in [3.8, 4) is 6.07 Å². The van der Waals surface area contributed by atoms with Crippen molar-refractivity contribution in [3.05, 3.63) is 53.7 Å². The number of aromatic nitrogens is 2. The average molecular weight is 256 g/mol. The molecule has 4 nitrogen and oxygen atoms in total. The zero-order valence-electron chi connectivity index (χ0n) is 10.7. The van der Waals surface area contributed by atoms with Gasteiger partial charge in [-0.3, -0.25) is 0 Å². The van der Waals surface area contributed by atoms with Crippen LogP contribution in [0.5, 0.6) is 0 Å². The topological polar surface area (TPSA) is 52.8 Å². The number of hydrogen-bond donors (Lipinski definition) is 0. The van der Waals surface area contributed by atoms with Gasteiger partial charge in [0.15, 0.2) is 11.5 Å². The predicted octanol–water partition coefficient (Wildman–Crippen LogP) is 2.68. The van der Waals surface area contributed by atoms with Gasteiger partial charge in [0.2, 0.25) is 0 Å². The SMILES string of the molecule is CC(c1ccccc1F)N(C)c1nccnc1C#N. The van der Waals surface area contributed by atoms with Crippen molar-refractivity contribution in [2.75, 3.05) is 11.9 Å². The van der Waals surface area contributed by atoms with Crippen molar-refractivity contribution in [2.24, 2.45) is 0 Å². The smallest absolute Gasteiger partial charge is 0.183 e. The van der Waals surface area contributed by atoms with Gasteiger partial charge in [-0.25, -0.2) is 14.4 Å². The Morgan fingerprint density at radius 2 is 1.95 bits per heavy atom. The van der Waals surface area contributed by atoms with E-state index in [2.05, 4.69) is 9.97 Å². The number of anilines is 1. The molecule has 1 unspecified atom stereocenters. The van der Waals surface area contributed by atoms with Crippen molar-refractivity contribution < 1.29 is 4.39 Å². The van der Waals surface area contributed by atoms with Crippen LogP contribution in [0, 0.1) is 17.1 Å². The Labute approximate surface area is 111 Å². The van der Waals surface area contributed by atoms with Crippen molar-refractivity contribution >= 4 is 5.82 Å². The van der Waals surface area contributed by atoms with Gasteiger partial charge < -0.3 is 4.90 Å². The maximum absolute atomic E-state index is 13.8. The van der Waals surface area contributed by atoms with Crippen LogP contribution in [0.2, 0.25) is 0 Å². The molecule has 0 aliphatic carbocycles. The Morgan fingerprint density at radius 1 is 1.26 bits per heavy atom. The first-order valence-corrected chi connectivity index (χ1v) is 5.83. The van der Waals surface area contributed by atoms with Crippen molar-refractivity contribution in [2.45, 2.75) is 13.0 Å². The number of nitrogens with zero attached hydrogens (tertiary/aromatic N) is 4. The molecule has 96 valence electrons. The van der Waals surface area contributed by atoms with Crippen LogP contribution < -0.4 is 4.90 Å². The maximum atomic E-state index is 13.8. The van der Waals surface area contributed by atoms with Crippen LogP contribution in [0.25, 0.3) is 0 Å². The second kappa shape index (κ2) is 5.44. The second-order valence-corrected chi connectivity index (χ2v) is 4.15. The fourth-order valence-corrected chi connectivity index (χ4v) is 1.87. The molecule has 0 spiro atoms. The third kappa shape index (κ3) is 2.52. The molecule has 0 bridgehead atoms. The number of rotatable bonds is 3. The Kier molecular flexibility index (Phi) is 3.71. The minimum absolute atomic E-state index is 0.230. The Hall–Kier alpha value is -2.48. The summed E-state index contributed by atoms with van der Waals surface area (Å²) in [6.45, 7) is 1.86. The fraction of sp³-hybridized carbons (Fsp3) is 0.214. The van der Waals surface area contributed by atoms with Crippen LogP contribution in [0.15, 0.2) is 36.7 Å². The highest BCUT2D eigenvalue weighted by Crippen LogP contribution is 2.26. The van der Waals surface area contributed by atoms with Gasteiger partial charge in [-0.2, -0.15) is 5.26 Å². The predicted molar refractivity (Wildman–Crippen MR) is 70.0 cm³/mol. The summed E-state index contributed by atoms with van der Waals surface area (Å²) in [6, 6.07) is 8.31. The lowest BCUT2D eigenvalue weighted by Crippen LogP contribution is -2.24. The molecular weight excluding hydrogens is 243 g/mol. The molecule has 0 aliphatic heterocycles. The molecule has 2 aromatic rings. The van der Waals surface area contributed by atoms with E-state index in [1.54, 1.807) is 30.1 Å². The van der Waals surface area contributed by atoms with E-state index in [9.17, 15) is 4.39 Å². The molecule has 1 aromatic heterocycles. The van der Waals surface area contributed by atoms with Gasteiger partial charge in [-0.05, 0) is 13.0 Å². The Bertz CT molecular complexity index is 621. The summed E-state index contributed by atoms with van der Waals surface area (Å²) in [5, 5.41) is 9.02. The minimum atomic E-state index is -0.274. The number of hydrogen-bond acceptors (Lipinski definition) is 4. The van der Waals surface area contributed by atoms with Gasteiger partial charge in [0.25, 0.3) is 0 Å². The summed E-state index contributed by atoms with van der Waals surface area (Å²) in [5.74, 6) is 0.171. The largest absolute Gasteiger partial charge is 0.350 e. The summed E-state index contributed by atoms with van der Waals surface area (Å²) >= 11 is 0. The molecule has 0 saturated carbocycles. The highest BCUT2D eigenvalue weighted by Gasteiger charge is 2.19. The van der Waals surface area contributed by atoms with E-state index < -0.39 is 0 Å². The summed E-state index contributed by atoms with van der Waals surface area (Å²) in [5.41, 5.74) is 0.785. The molecule has 1 heterocycles. The molecule has 1 aromatic carbocycles. The first kappa shape index (κ1) is 13.0. The molecular formula is C14H13FN4. The Morgan fingerprint density at radius 3 is 2.63 bits per heavy atom. The molecule has 2 rings (SSSR count). The van der Waals surface area contributed by atoms with E-state index in [0.29, 0.717) is 11.4 Å². The number of nitriles is 1. The lowest BCUT2D eigenvalue weighted by molar-refractivity contribution is 0.583. The summed E-state index contributed by atoms with van der Waals surface area (Å²) in [7, 11) is 1.77. The van der Waals surface area contributed by atoms with Gasteiger partial charge in [0, 0.05) is 25.0 Å². The van der Waals surface area contributed by atoms with E-state index in [0.717, 1.165) is 0 Å². The van der Waals surface area contributed by atoms with Gasteiger partial charge in [0.1, 0.15) is 11.9 Å². The zero-order chi connectivity index (χ0) is 13.8. The van der Waals surface area contributed by atoms with Crippen LogP contribution in [0.4, 0.5) is 10.2 Å². The molecule has 0 radical (unpaired) electrons. The van der Waals surface area contributed by atoms with E-state index in [1.807, 2.05) is 13.0 Å². The van der Waals surface area contributed by atoms with E-state index >= 15 is 0 Å². The van der Waals surface area contributed by atoms with Gasteiger partial charge >= 0.3 is 0 Å². The fourth-order valence-electron chi connectivity index (χ4n) is 1.87. The van der Waals surface area contributed by atoms with Crippen LogP contribution in [0.3, 0.4) is 0 Å². The van der Waals surface area contributed by atoms with Crippen molar-refractivity contribution in [1.82, 2.24) is 9.97 Å². The first-order chi connectivity index (χ1) is 9.15. The molecule has 0 amide bonds. The van der Waals surface area contributed by atoms with Gasteiger partial charge in [0.05, 0.1) is 6.04 Å². The van der Waals surface area contributed by atoms with Crippen LogP contribution in [-0.2, 0) is 0 Å². The maximum Gasteiger partial charge on any atom is 0.183 e. The molecule has 1 atom stereocenters. The quantitative estimate of drug-likeness (QED) is 0.847. The monoisotopic (exact) mass is 256 g/mol. The molecule has 0 N–H and O–H groups in total. The van der Waals surface area contributed by atoms with E-state index in [4.69, 9.17) is 5.26 Å². The lowest BCUT2D eigenvalue weighted by Gasteiger charge is -2.26. The van der Waals surface area contributed by atoms with Crippen molar-refractivity contribution in [3.63, 3.8) is 0 Å². The summed E-state index contributed by atoms with van der Waals surface area (Å²) in [6.07, 6.45) is 2.98. The second-order valence-electron chi connectivity index (χ2n) is 4.15. The van der Waals surface area contributed by atoms with E-state index in [1.165, 1.54) is 18.5 Å². The normalized spacial score (nSPS) is 11.7. The van der Waals surface area contributed by atoms with Gasteiger partial charge in [-0.15, -0.1) is 0 Å². The third-order valence-electron chi connectivity index (χ3n) is 3.06. The average Bonchev–Trinajstić information content (AvgIpc) is 2.46. The van der Waals surface area contributed by atoms with Crippen LogP contribution in [-0.4, -0.2) is 17.0 Å². The standard InChI is InChI=1S/C14H13FN4/c1-10(11-5-3-4-6-12(11)15)19(2)14-13(9-16)17-7-8-18-14/h3-8,10H,1-2H3. The molecule has 0 aliphatic rings. The Balaban J connectivity index is 2.37. The highest BCUT2D eigenvalue weighted by molar-refractivity contribution is 5.50.